The highest BCUT2D eigenvalue weighted by Crippen LogP contribution is 2.16. The molecule has 18 heavy (non-hydrogen) atoms. The predicted octanol–water partition coefficient (Wildman–Crippen LogP) is 0.339. The summed E-state index contributed by atoms with van der Waals surface area (Å²) in [5.41, 5.74) is 5.81. The third-order valence-electron chi connectivity index (χ3n) is 3.40. The molecular weight excluding hydrogens is 230 g/mol. The van der Waals surface area contributed by atoms with E-state index in [1.54, 1.807) is 7.11 Å². The van der Waals surface area contributed by atoms with Gasteiger partial charge >= 0.3 is 0 Å². The molecule has 1 fully saturated rings. The molecule has 1 amide bonds. The molecule has 1 rings (SSSR count). The van der Waals surface area contributed by atoms with Crippen molar-refractivity contribution in [1.29, 1.82) is 0 Å². The molecule has 0 aromatic carbocycles. The van der Waals surface area contributed by atoms with Crippen molar-refractivity contribution in [3.05, 3.63) is 0 Å². The minimum Gasteiger partial charge on any atom is -0.380 e. The third kappa shape index (κ3) is 4.92. The molecule has 0 radical (unpaired) electrons. The first-order chi connectivity index (χ1) is 8.56. The zero-order valence-corrected chi connectivity index (χ0v) is 11.8. The molecule has 2 atom stereocenters. The highest BCUT2D eigenvalue weighted by Gasteiger charge is 2.26. The van der Waals surface area contributed by atoms with Crippen molar-refractivity contribution in [2.75, 3.05) is 26.7 Å². The highest BCUT2D eigenvalue weighted by molar-refractivity contribution is 5.76. The molecule has 1 aliphatic heterocycles. The molecule has 0 bridgehead atoms. The number of ether oxygens (including phenoxy) is 1. The van der Waals surface area contributed by atoms with Gasteiger partial charge in [0.2, 0.25) is 5.91 Å². The second-order valence-corrected chi connectivity index (χ2v) is 5.31. The monoisotopic (exact) mass is 257 g/mol. The van der Waals surface area contributed by atoms with Gasteiger partial charge in [0.15, 0.2) is 0 Å². The van der Waals surface area contributed by atoms with Crippen LogP contribution in [0.5, 0.6) is 0 Å². The second kappa shape index (κ2) is 7.71. The zero-order valence-electron chi connectivity index (χ0n) is 11.8. The van der Waals surface area contributed by atoms with E-state index >= 15 is 0 Å². The second-order valence-electron chi connectivity index (χ2n) is 5.31. The topological polar surface area (TPSA) is 67.6 Å². The molecule has 1 heterocycles. The number of amides is 1. The summed E-state index contributed by atoms with van der Waals surface area (Å²) < 4.78 is 5.40. The van der Waals surface area contributed by atoms with E-state index in [9.17, 15) is 4.79 Å². The Morgan fingerprint density at radius 1 is 1.56 bits per heavy atom. The summed E-state index contributed by atoms with van der Waals surface area (Å²) in [6, 6.07) is 0.311. The lowest BCUT2D eigenvalue weighted by Crippen LogP contribution is -2.50. The van der Waals surface area contributed by atoms with E-state index < -0.39 is 0 Å². The number of carbonyl (C=O) groups excluding carboxylic acids is 1. The van der Waals surface area contributed by atoms with Crippen molar-refractivity contribution in [2.24, 2.45) is 5.73 Å². The Morgan fingerprint density at radius 3 is 2.83 bits per heavy atom. The zero-order chi connectivity index (χ0) is 13.5. The summed E-state index contributed by atoms with van der Waals surface area (Å²) >= 11 is 0. The fourth-order valence-electron chi connectivity index (χ4n) is 2.45. The SMILES string of the molecule is COC1CCCN(C(CN)CC(=O)NC(C)C)C1. The molecule has 5 nitrogen and oxygen atoms in total. The van der Waals surface area contributed by atoms with E-state index in [1.165, 1.54) is 0 Å². The van der Waals surface area contributed by atoms with Crippen LogP contribution in [0.3, 0.4) is 0 Å². The standard InChI is InChI=1S/C13H27N3O2/c1-10(2)15-13(17)7-11(8-14)16-6-4-5-12(9-16)18-3/h10-12H,4-9,14H2,1-3H3,(H,15,17). The lowest BCUT2D eigenvalue weighted by Gasteiger charge is -2.37. The number of likely N-dealkylation sites (tertiary alicyclic amines) is 1. The molecule has 0 aromatic rings. The highest BCUT2D eigenvalue weighted by atomic mass is 16.5. The molecule has 3 N–H and O–H groups in total. The Bertz CT molecular complexity index is 259. The quantitative estimate of drug-likeness (QED) is 0.720. The fraction of sp³-hybridized carbons (Fsp3) is 0.923. The van der Waals surface area contributed by atoms with Crippen LogP contribution in [-0.4, -0.2) is 55.7 Å². The van der Waals surface area contributed by atoms with Gasteiger partial charge in [0.25, 0.3) is 0 Å². The molecular formula is C13H27N3O2. The third-order valence-corrected chi connectivity index (χ3v) is 3.40. The average Bonchev–Trinajstić information content (AvgIpc) is 2.35. The summed E-state index contributed by atoms with van der Waals surface area (Å²) in [7, 11) is 1.75. The van der Waals surface area contributed by atoms with Gasteiger partial charge in [-0.2, -0.15) is 0 Å². The van der Waals surface area contributed by atoms with Gasteiger partial charge < -0.3 is 15.8 Å². The largest absolute Gasteiger partial charge is 0.380 e. The average molecular weight is 257 g/mol. The molecule has 5 heteroatoms. The van der Waals surface area contributed by atoms with Crippen molar-refractivity contribution in [2.45, 2.75) is 51.3 Å². The Hall–Kier alpha value is -0.650. The van der Waals surface area contributed by atoms with Gasteiger partial charge in [-0.3, -0.25) is 9.69 Å². The van der Waals surface area contributed by atoms with Gasteiger partial charge in [-0.15, -0.1) is 0 Å². The summed E-state index contributed by atoms with van der Waals surface area (Å²) in [5.74, 6) is 0.0833. The van der Waals surface area contributed by atoms with E-state index in [0.717, 1.165) is 25.9 Å². The number of nitrogens with zero attached hydrogens (tertiary/aromatic N) is 1. The predicted molar refractivity (Wildman–Crippen MR) is 72.3 cm³/mol. The molecule has 2 unspecified atom stereocenters. The molecule has 106 valence electrons. The van der Waals surface area contributed by atoms with Crippen molar-refractivity contribution in [1.82, 2.24) is 10.2 Å². The van der Waals surface area contributed by atoms with E-state index in [2.05, 4.69) is 10.2 Å². The number of nitrogens with two attached hydrogens (primary N) is 1. The number of nitrogens with one attached hydrogen (secondary N) is 1. The van der Waals surface area contributed by atoms with Crippen LogP contribution < -0.4 is 11.1 Å². The van der Waals surface area contributed by atoms with E-state index in [1.807, 2.05) is 13.8 Å². The smallest absolute Gasteiger partial charge is 0.221 e. The van der Waals surface area contributed by atoms with Crippen LogP contribution in [-0.2, 0) is 9.53 Å². The maximum Gasteiger partial charge on any atom is 0.221 e. The first-order valence-corrected chi connectivity index (χ1v) is 6.83. The Labute approximate surface area is 110 Å². The maximum absolute atomic E-state index is 11.8. The fourth-order valence-corrected chi connectivity index (χ4v) is 2.45. The van der Waals surface area contributed by atoms with Crippen molar-refractivity contribution in [3.8, 4) is 0 Å². The summed E-state index contributed by atoms with van der Waals surface area (Å²) in [6.07, 6.45) is 2.97. The minimum atomic E-state index is 0.0833. The van der Waals surface area contributed by atoms with Gasteiger partial charge in [-0.1, -0.05) is 0 Å². The summed E-state index contributed by atoms with van der Waals surface area (Å²) in [6.45, 7) is 6.35. The van der Waals surface area contributed by atoms with Crippen LogP contribution in [0.2, 0.25) is 0 Å². The lowest BCUT2D eigenvalue weighted by atomic mass is 10.0. The van der Waals surface area contributed by atoms with E-state index in [4.69, 9.17) is 10.5 Å². The molecule has 0 aromatic heterocycles. The Balaban J connectivity index is 2.46. The molecule has 0 aliphatic carbocycles. The number of carbonyl (C=O) groups is 1. The Morgan fingerprint density at radius 2 is 2.28 bits per heavy atom. The van der Waals surface area contributed by atoms with Crippen molar-refractivity contribution < 1.29 is 9.53 Å². The number of hydrogen-bond acceptors (Lipinski definition) is 4. The Kier molecular flexibility index (Phi) is 6.60. The molecule has 1 aliphatic rings. The molecule has 1 saturated heterocycles. The van der Waals surface area contributed by atoms with Crippen molar-refractivity contribution in [3.63, 3.8) is 0 Å². The van der Waals surface area contributed by atoms with Crippen LogP contribution in [0.1, 0.15) is 33.1 Å². The number of methoxy groups -OCH3 is 1. The van der Waals surface area contributed by atoms with Crippen molar-refractivity contribution >= 4 is 5.91 Å². The van der Waals surface area contributed by atoms with Crippen LogP contribution in [0.4, 0.5) is 0 Å². The number of hydrogen-bond donors (Lipinski definition) is 2. The van der Waals surface area contributed by atoms with Gasteiger partial charge in [-0.25, -0.2) is 0 Å². The van der Waals surface area contributed by atoms with Gasteiger partial charge in [0, 0.05) is 38.7 Å². The van der Waals surface area contributed by atoms with Crippen LogP contribution in [0, 0.1) is 0 Å². The normalized spacial score (nSPS) is 23.1. The van der Waals surface area contributed by atoms with Gasteiger partial charge in [0.05, 0.1) is 6.10 Å². The van der Waals surface area contributed by atoms with Gasteiger partial charge in [0.1, 0.15) is 0 Å². The minimum absolute atomic E-state index is 0.0833. The first-order valence-electron chi connectivity index (χ1n) is 6.83. The molecule has 0 spiro atoms. The molecule has 0 saturated carbocycles. The van der Waals surface area contributed by atoms with Gasteiger partial charge in [-0.05, 0) is 33.2 Å². The number of rotatable bonds is 6. The maximum atomic E-state index is 11.8. The van der Waals surface area contributed by atoms with Crippen LogP contribution >= 0.6 is 0 Å². The summed E-state index contributed by atoms with van der Waals surface area (Å²) in [5, 5.41) is 2.92. The van der Waals surface area contributed by atoms with Crippen LogP contribution in [0.25, 0.3) is 0 Å². The van der Waals surface area contributed by atoms with E-state index in [0.29, 0.717) is 13.0 Å². The van der Waals surface area contributed by atoms with Crippen LogP contribution in [0.15, 0.2) is 0 Å². The summed E-state index contributed by atoms with van der Waals surface area (Å²) in [4.78, 5) is 14.1. The van der Waals surface area contributed by atoms with E-state index in [-0.39, 0.29) is 24.1 Å². The number of piperidine rings is 1. The first kappa shape index (κ1) is 15.4. The lowest BCUT2D eigenvalue weighted by molar-refractivity contribution is -0.123.